The molecule has 1 saturated carbocycles. The van der Waals surface area contributed by atoms with Crippen LogP contribution in [-0.2, 0) is 4.79 Å². The van der Waals surface area contributed by atoms with E-state index in [-0.39, 0.29) is 12.4 Å². The summed E-state index contributed by atoms with van der Waals surface area (Å²) in [7, 11) is 2.02. The number of likely N-dealkylation sites (N-methyl/N-ethyl adjacent to an activating group) is 1. The van der Waals surface area contributed by atoms with Gasteiger partial charge in [0.05, 0.1) is 6.54 Å². The van der Waals surface area contributed by atoms with Gasteiger partial charge < -0.3 is 10.2 Å². The molecule has 1 aliphatic heterocycles. The highest BCUT2D eigenvalue weighted by Crippen LogP contribution is 2.26. The number of amides is 1. The smallest absolute Gasteiger partial charge is 0.236 e. The number of nitrogens with one attached hydrogen (secondary N) is 1. The summed E-state index contributed by atoms with van der Waals surface area (Å²) in [5, 5.41) is 3.42. The molecule has 136 valence electrons. The van der Waals surface area contributed by atoms with Gasteiger partial charge in [0.15, 0.2) is 0 Å². The molecule has 1 aliphatic carbocycles. The predicted octanol–water partition coefficient (Wildman–Crippen LogP) is 2.91. The first kappa shape index (κ1) is 20.7. The number of carbonyl (C=O) groups is 1. The molecular weight excluding hydrogens is 310 g/mol. The minimum absolute atomic E-state index is 0. The molecule has 0 aromatic heterocycles. The maximum absolute atomic E-state index is 12.7. The fourth-order valence-corrected chi connectivity index (χ4v) is 3.97. The molecule has 0 spiro atoms. The zero-order chi connectivity index (χ0) is 15.9. The fraction of sp³-hybridized carbons (Fsp3) is 0.944. The average molecular weight is 346 g/mol. The number of hydrogen-bond donors (Lipinski definition) is 1. The number of rotatable bonds is 6. The van der Waals surface area contributed by atoms with E-state index in [0.29, 0.717) is 24.5 Å². The van der Waals surface area contributed by atoms with Crippen molar-refractivity contribution >= 4 is 18.3 Å². The monoisotopic (exact) mass is 345 g/mol. The highest BCUT2D eigenvalue weighted by atomic mass is 35.5. The SMILES string of the molecule is CCCN(CC(=O)N(C)C1CCC(C)CC1)C1CCNCC1.Cl. The Bertz CT molecular complexity index is 339. The van der Waals surface area contributed by atoms with Gasteiger partial charge in [0.25, 0.3) is 0 Å². The molecular formula is C18H36ClN3O. The van der Waals surface area contributed by atoms with Crippen LogP contribution in [0.15, 0.2) is 0 Å². The Balaban J connectivity index is 0.00000264. The standard InChI is InChI=1S/C18H35N3O.ClH/c1-4-13-21(17-9-11-19-12-10-17)14-18(22)20(3)16-7-5-15(2)6-8-16;/h15-17,19H,4-14H2,1-3H3;1H. The van der Waals surface area contributed by atoms with E-state index in [1.165, 1.54) is 38.5 Å². The van der Waals surface area contributed by atoms with Crippen LogP contribution in [0.4, 0.5) is 0 Å². The topological polar surface area (TPSA) is 35.6 Å². The van der Waals surface area contributed by atoms with Gasteiger partial charge in [0, 0.05) is 19.1 Å². The Morgan fingerprint density at radius 1 is 1.04 bits per heavy atom. The van der Waals surface area contributed by atoms with Crippen molar-refractivity contribution < 1.29 is 4.79 Å². The Morgan fingerprint density at radius 3 is 2.22 bits per heavy atom. The second-order valence-corrected chi connectivity index (χ2v) is 7.37. The van der Waals surface area contributed by atoms with Crippen LogP contribution >= 0.6 is 12.4 Å². The molecule has 0 atom stereocenters. The minimum atomic E-state index is 0. The van der Waals surface area contributed by atoms with Crippen LogP contribution in [0.25, 0.3) is 0 Å². The molecule has 0 radical (unpaired) electrons. The summed E-state index contributed by atoms with van der Waals surface area (Å²) >= 11 is 0. The van der Waals surface area contributed by atoms with Crippen LogP contribution in [0.3, 0.4) is 0 Å². The van der Waals surface area contributed by atoms with Crippen molar-refractivity contribution in [3.05, 3.63) is 0 Å². The van der Waals surface area contributed by atoms with E-state index < -0.39 is 0 Å². The molecule has 1 saturated heterocycles. The summed E-state index contributed by atoms with van der Waals surface area (Å²) in [6.07, 6.45) is 8.40. The lowest BCUT2D eigenvalue weighted by molar-refractivity contribution is -0.134. The molecule has 0 bridgehead atoms. The van der Waals surface area contributed by atoms with Gasteiger partial charge in [0.2, 0.25) is 5.91 Å². The van der Waals surface area contributed by atoms with Gasteiger partial charge in [-0.05, 0) is 70.5 Å². The Kier molecular flexibility index (Phi) is 9.48. The molecule has 0 aromatic rings. The molecule has 2 fully saturated rings. The molecule has 1 amide bonds. The molecule has 23 heavy (non-hydrogen) atoms. The van der Waals surface area contributed by atoms with Gasteiger partial charge in [-0.15, -0.1) is 12.4 Å². The molecule has 2 rings (SSSR count). The van der Waals surface area contributed by atoms with Crippen LogP contribution in [0.2, 0.25) is 0 Å². The van der Waals surface area contributed by atoms with Crippen molar-refractivity contribution in [1.29, 1.82) is 0 Å². The highest BCUT2D eigenvalue weighted by molar-refractivity contribution is 5.85. The summed E-state index contributed by atoms with van der Waals surface area (Å²) in [6, 6.07) is 1.06. The van der Waals surface area contributed by atoms with Crippen molar-refractivity contribution in [2.45, 2.75) is 70.9 Å². The quantitative estimate of drug-likeness (QED) is 0.804. The molecule has 2 aliphatic rings. The second kappa shape index (κ2) is 10.5. The third-order valence-corrected chi connectivity index (χ3v) is 5.60. The molecule has 1 N–H and O–H groups in total. The van der Waals surface area contributed by atoms with Crippen molar-refractivity contribution in [1.82, 2.24) is 15.1 Å². The molecule has 4 nitrogen and oxygen atoms in total. The van der Waals surface area contributed by atoms with E-state index >= 15 is 0 Å². The van der Waals surface area contributed by atoms with E-state index in [9.17, 15) is 4.79 Å². The van der Waals surface area contributed by atoms with Gasteiger partial charge in [0.1, 0.15) is 0 Å². The summed E-state index contributed by atoms with van der Waals surface area (Å²) in [4.78, 5) is 17.2. The summed E-state index contributed by atoms with van der Waals surface area (Å²) in [5.41, 5.74) is 0. The van der Waals surface area contributed by atoms with E-state index in [0.717, 1.165) is 32.0 Å². The molecule has 1 heterocycles. The zero-order valence-electron chi connectivity index (χ0n) is 15.2. The summed E-state index contributed by atoms with van der Waals surface area (Å²) < 4.78 is 0. The first-order valence-corrected chi connectivity index (χ1v) is 9.32. The Morgan fingerprint density at radius 2 is 1.65 bits per heavy atom. The summed E-state index contributed by atoms with van der Waals surface area (Å²) in [5.74, 6) is 1.16. The zero-order valence-corrected chi connectivity index (χ0v) is 16.0. The van der Waals surface area contributed by atoms with Crippen molar-refractivity contribution in [3.8, 4) is 0 Å². The van der Waals surface area contributed by atoms with E-state index in [4.69, 9.17) is 0 Å². The normalized spacial score (nSPS) is 25.9. The first-order valence-electron chi connectivity index (χ1n) is 9.32. The van der Waals surface area contributed by atoms with Crippen LogP contribution in [0.5, 0.6) is 0 Å². The van der Waals surface area contributed by atoms with Gasteiger partial charge in [-0.2, -0.15) is 0 Å². The minimum Gasteiger partial charge on any atom is -0.342 e. The van der Waals surface area contributed by atoms with Crippen LogP contribution in [0, 0.1) is 5.92 Å². The second-order valence-electron chi connectivity index (χ2n) is 7.37. The van der Waals surface area contributed by atoms with Crippen LogP contribution < -0.4 is 5.32 Å². The number of halogens is 1. The largest absolute Gasteiger partial charge is 0.342 e. The van der Waals surface area contributed by atoms with Gasteiger partial charge in [-0.3, -0.25) is 9.69 Å². The predicted molar refractivity (Wildman–Crippen MR) is 99.2 cm³/mol. The van der Waals surface area contributed by atoms with Crippen molar-refractivity contribution in [2.75, 3.05) is 33.2 Å². The molecule has 0 unspecified atom stereocenters. The Hall–Kier alpha value is -0.320. The van der Waals surface area contributed by atoms with Crippen molar-refractivity contribution in [3.63, 3.8) is 0 Å². The lowest BCUT2D eigenvalue weighted by atomic mass is 9.87. The van der Waals surface area contributed by atoms with E-state index in [2.05, 4.69) is 29.0 Å². The molecule has 5 heteroatoms. The maximum atomic E-state index is 12.7. The van der Waals surface area contributed by atoms with Crippen LogP contribution in [0.1, 0.15) is 58.8 Å². The van der Waals surface area contributed by atoms with Crippen LogP contribution in [-0.4, -0.2) is 61.0 Å². The van der Waals surface area contributed by atoms with Gasteiger partial charge in [-0.25, -0.2) is 0 Å². The summed E-state index contributed by atoms with van der Waals surface area (Å²) in [6.45, 7) is 8.39. The number of piperidine rings is 1. The third kappa shape index (κ3) is 6.24. The molecule has 0 aromatic carbocycles. The lowest BCUT2D eigenvalue weighted by Gasteiger charge is -2.38. The third-order valence-electron chi connectivity index (χ3n) is 5.60. The fourth-order valence-electron chi connectivity index (χ4n) is 3.97. The van der Waals surface area contributed by atoms with Gasteiger partial charge >= 0.3 is 0 Å². The first-order chi connectivity index (χ1) is 10.6. The maximum Gasteiger partial charge on any atom is 0.236 e. The van der Waals surface area contributed by atoms with E-state index in [1.54, 1.807) is 0 Å². The average Bonchev–Trinajstić information content (AvgIpc) is 2.55. The van der Waals surface area contributed by atoms with E-state index in [1.807, 2.05) is 7.05 Å². The van der Waals surface area contributed by atoms with Crippen molar-refractivity contribution in [2.24, 2.45) is 5.92 Å². The lowest BCUT2D eigenvalue weighted by Crippen LogP contribution is -2.49. The highest BCUT2D eigenvalue weighted by Gasteiger charge is 2.28. The number of carbonyl (C=O) groups excluding carboxylic acids is 1. The number of nitrogens with zero attached hydrogens (tertiary/aromatic N) is 2. The Labute approximate surface area is 148 Å². The van der Waals surface area contributed by atoms with Gasteiger partial charge in [-0.1, -0.05) is 13.8 Å². The number of hydrogen-bond acceptors (Lipinski definition) is 3.